The summed E-state index contributed by atoms with van der Waals surface area (Å²) in [7, 11) is 0. The van der Waals surface area contributed by atoms with Gasteiger partial charge in [0, 0.05) is 29.5 Å². The van der Waals surface area contributed by atoms with Crippen LogP contribution in [0.15, 0.2) is 52.7 Å². The van der Waals surface area contributed by atoms with E-state index in [1.54, 1.807) is 0 Å². The Morgan fingerprint density at radius 1 is 1.12 bits per heavy atom. The van der Waals surface area contributed by atoms with Gasteiger partial charge in [0.25, 0.3) is 0 Å². The van der Waals surface area contributed by atoms with Gasteiger partial charge < -0.3 is 9.30 Å². The Kier molecular flexibility index (Phi) is 4.47. The monoisotopic (exact) mass is 440 g/mol. The number of nitrogens with zero attached hydrogens (tertiary/aromatic N) is 6. The molecule has 2 saturated carbocycles. The lowest BCUT2D eigenvalue weighted by Gasteiger charge is -2.20. The van der Waals surface area contributed by atoms with Crippen molar-refractivity contribution in [3.05, 3.63) is 60.0 Å². The molecule has 4 heterocycles. The Labute approximate surface area is 193 Å². The van der Waals surface area contributed by atoms with E-state index >= 15 is 0 Å². The first-order valence-electron chi connectivity index (χ1n) is 12.3. The Bertz CT molecular complexity index is 1190. The Morgan fingerprint density at radius 3 is 2.79 bits per heavy atom. The third-order valence-corrected chi connectivity index (χ3v) is 7.43. The van der Waals surface area contributed by atoms with Crippen molar-refractivity contribution < 1.29 is 4.74 Å². The topological polar surface area (TPSA) is 80.8 Å². The number of dihydropyridines is 1. The van der Waals surface area contributed by atoms with Gasteiger partial charge in [0.05, 0.1) is 17.4 Å². The van der Waals surface area contributed by atoms with Crippen LogP contribution >= 0.6 is 0 Å². The number of aromatic nitrogens is 4. The second-order valence-electron chi connectivity index (χ2n) is 10.0. The molecule has 3 aliphatic carbocycles. The van der Waals surface area contributed by atoms with Crippen molar-refractivity contribution in [2.24, 2.45) is 15.9 Å². The zero-order valence-electron chi connectivity index (χ0n) is 18.7. The van der Waals surface area contributed by atoms with Crippen LogP contribution in [-0.4, -0.2) is 44.3 Å². The summed E-state index contributed by atoms with van der Waals surface area (Å²) < 4.78 is 8.18. The second kappa shape index (κ2) is 7.55. The van der Waals surface area contributed by atoms with E-state index in [-0.39, 0.29) is 0 Å². The average molecular weight is 441 g/mol. The van der Waals surface area contributed by atoms with Crippen molar-refractivity contribution in [2.75, 3.05) is 6.61 Å². The third-order valence-electron chi connectivity index (χ3n) is 7.43. The van der Waals surface area contributed by atoms with E-state index in [4.69, 9.17) is 19.7 Å². The zero-order valence-corrected chi connectivity index (χ0v) is 18.7. The first-order chi connectivity index (χ1) is 16.3. The van der Waals surface area contributed by atoms with Crippen LogP contribution in [0, 0.1) is 5.92 Å². The smallest absolute Gasteiger partial charge is 0.226 e. The van der Waals surface area contributed by atoms with Crippen LogP contribution in [0.25, 0.3) is 5.57 Å². The van der Waals surface area contributed by atoms with Gasteiger partial charge in [-0.3, -0.25) is 4.99 Å². The van der Waals surface area contributed by atoms with Gasteiger partial charge in [-0.15, -0.1) is 10.2 Å². The highest BCUT2D eigenvalue weighted by Crippen LogP contribution is 2.42. The van der Waals surface area contributed by atoms with E-state index in [0.29, 0.717) is 24.6 Å². The molecule has 0 bridgehead atoms. The Balaban J connectivity index is 1.12. The molecule has 3 atom stereocenters. The zero-order chi connectivity index (χ0) is 21.8. The molecule has 0 spiro atoms. The third kappa shape index (κ3) is 3.78. The van der Waals surface area contributed by atoms with Gasteiger partial charge in [-0.25, -0.2) is 9.98 Å². The van der Waals surface area contributed by atoms with Crippen LogP contribution < -0.4 is 0 Å². The van der Waals surface area contributed by atoms with Crippen LogP contribution in [0.4, 0.5) is 0 Å². The van der Waals surface area contributed by atoms with E-state index in [2.05, 4.69) is 45.1 Å². The first kappa shape index (κ1) is 19.5. The van der Waals surface area contributed by atoms with Crippen LogP contribution in [0.5, 0.6) is 0 Å². The number of epoxide rings is 1. The van der Waals surface area contributed by atoms with Crippen LogP contribution in [0.2, 0.25) is 0 Å². The van der Waals surface area contributed by atoms with Crippen molar-refractivity contribution in [2.45, 2.75) is 68.7 Å². The summed E-state index contributed by atoms with van der Waals surface area (Å²) in [5, 5.41) is 8.64. The van der Waals surface area contributed by atoms with Gasteiger partial charge in [0.15, 0.2) is 0 Å². The average Bonchev–Trinajstić information content (AvgIpc) is 3.74. The number of hydrogen-bond donors (Lipinski definition) is 0. The fraction of sp³-hybridized carbons (Fsp3) is 0.500. The van der Waals surface area contributed by atoms with Crippen molar-refractivity contribution in [1.82, 2.24) is 19.7 Å². The molecule has 7 heteroatoms. The van der Waals surface area contributed by atoms with E-state index in [1.807, 2.05) is 18.6 Å². The number of aliphatic imine (C=N–C) groups is 2. The molecule has 7 rings (SSSR count). The highest BCUT2D eigenvalue weighted by molar-refractivity contribution is 6.09. The number of hydrogen-bond acceptors (Lipinski definition) is 6. The predicted molar refractivity (Wildman–Crippen MR) is 126 cm³/mol. The minimum absolute atomic E-state index is 0.315. The van der Waals surface area contributed by atoms with Crippen LogP contribution in [0.3, 0.4) is 0 Å². The maximum absolute atomic E-state index is 5.91. The first-order valence-corrected chi connectivity index (χ1v) is 12.3. The maximum atomic E-state index is 5.91. The standard InChI is InChI=1S/C26H28N6O/c1-3-18(25-31-28-16-32(25)21-10-11-21)13-20(4-1)30-26(15-33-26)24-6-2-5-23(29-24)19-9-12-22(27-14-19)17-7-8-17/h1-2,4-6,9,14,16-18,21-22H,3,7-8,10-13,15H2. The second-order valence-corrected chi connectivity index (χ2v) is 10.0. The number of rotatable bonds is 6. The summed E-state index contributed by atoms with van der Waals surface area (Å²) in [6, 6.07) is 7.20. The van der Waals surface area contributed by atoms with Gasteiger partial charge in [-0.2, -0.15) is 0 Å². The SMILES string of the molecule is C1=CC(=NC2(c3cccc(C4=CCC(C5CC5)N=C4)n3)CO2)CC(c2nncn2C2CC2)C1. The molecule has 3 fully saturated rings. The van der Waals surface area contributed by atoms with Crippen molar-refractivity contribution in [3.8, 4) is 0 Å². The fourth-order valence-electron chi connectivity index (χ4n) is 5.12. The van der Waals surface area contributed by atoms with Crippen molar-refractivity contribution in [1.29, 1.82) is 0 Å². The van der Waals surface area contributed by atoms with E-state index in [0.717, 1.165) is 53.7 Å². The lowest BCUT2D eigenvalue weighted by molar-refractivity contribution is 0.312. The van der Waals surface area contributed by atoms with Gasteiger partial charge >= 0.3 is 0 Å². The predicted octanol–water partition coefficient (Wildman–Crippen LogP) is 4.40. The van der Waals surface area contributed by atoms with Crippen molar-refractivity contribution >= 4 is 17.5 Å². The fourth-order valence-corrected chi connectivity index (χ4v) is 5.12. The summed E-state index contributed by atoms with van der Waals surface area (Å²) >= 11 is 0. The van der Waals surface area contributed by atoms with Gasteiger partial charge in [0.2, 0.25) is 5.72 Å². The van der Waals surface area contributed by atoms with E-state index in [1.165, 1.54) is 25.7 Å². The lowest BCUT2D eigenvalue weighted by atomic mass is 9.92. The number of pyridine rings is 1. The molecule has 5 aliphatic rings. The number of ether oxygens (including phenoxy) is 1. The molecule has 7 nitrogen and oxygen atoms in total. The molecule has 3 unspecified atom stereocenters. The molecule has 168 valence electrons. The highest BCUT2D eigenvalue weighted by atomic mass is 16.6. The number of allylic oxidation sites excluding steroid dienone is 3. The van der Waals surface area contributed by atoms with Gasteiger partial charge in [0.1, 0.15) is 18.8 Å². The highest BCUT2D eigenvalue weighted by Gasteiger charge is 2.49. The van der Waals surface area contributed by atoms with E-state index in [9.17, 15) is 0 Å². The molecule has 0 N–H and O–H groups in total. The summed E-state index contributed by atoms with van der Waals surface area (Å²) in [6.07, 6.45) is 18.5. The maximum Gasteiger partial charge on any atom is 0.226 e. The minimum atomic E-state index is -0.662. The molecule has 2 aromatic heterocycles. The molecule has 2 aliphatic heterocycles. The minimum Gasteiger partial charge on any atom is -0.341 e. The molecule has 0 amide bonds. The summed E-state index contributed by atoms with van der Waals surface area (Å²) in [5.41, 5.74) is 3.32. The van der Waals surface area contributed by atoms with E-state index < -0.39 is 5.72 Å². The lowest BCUT2D eigenvalue weighted by Crippen LogP contribution is -2.18. The van der Waals surface area contributed by atoms with Crippen molar-refractivity contribution in [3.63, 3.8) is 0 Å². The summed E-state index contributed by atoms with van der Waals surface area (Å²) in [5.74, 6) is 2.20. The molecule has 33 heavy (non-hydrogen) atoms. The molecular formula is C26H28N6O. The molecule has 0 aromatic carbocycles. The molecular weight excluding hydrogens is 412 g/mol. The molecule has 1 saturated heterocycles. The Morgan fingerprint density at radius 2 is 2.03 bits per heavy atom. The normalized spacial score (nSPS) is 32.2. The molecule has 2 aromatic rings. The summed E-state index contributed by atoms with van der Waals surface area (Å²) in [4.78, 5) is 14.8. The summed E-state index contributed by atoms with van der Waals surface area (Å²) in [6.45, 7) is 0.570. The van der Waals surface area contributed by atoms with Crippen LogP contribution in [0.1, 0.15) is 74.1 Å². The van der Waals surface area contributed by atoms with Gasteiger partial charge in [-0.1, -0.05) is 18.2 Å². The van der Waals surface area contributed by atoms with Gasteiger partial charge in [-0.05, 0) is 69.1 Å². The molecule has 0 radical (unpaired) electrons. The Hall–Kier alpha value is -2.93. The largest absolute Gasteiger partial charge is 0.341 e. The quantitative estimate of drug-likeness (QED) is 0.624. The van der Waals surface area contributed by atoms with Crippen LogP contribution in [-0.2, 0) is 10.5 Å².